The standard InChI is InChI=1S/C23H21N3O4S2/c1-31(27,28)18-11-7-16(8-12-18)23-21(20-5-3-4-6-22(20)25-23)15-24-26-17-9-13-19(14-10-17)32(2,29)30/h3-15,25-26H,1-2H3. The first kappa shape index (κ1) is 21.8. The van der Waals surface area contributed by atoms with Gasteiger partial charge in [0, 0.05) is 29.0 Å². The van der Waals surface area contributed by atoms with Crippen LogP contribution in [0.1, 0.15) is 5.56 Å². The molecular formula is C23H21N3O4S2. The fourth-order valence-corrected chi connectivity index (χ4v) is 4.60. The van der Waals surface area contributed by atoms with Crippen molar-refractivity contribution in [2.24, 2.45) is 5.10 Å². The van der Waals surface area contributed by atoms with Gasteiger partial charge in [0.15, 0.2) is 19.7 Å². The lowest BCUT2D eigenvalue weighted by atomic mass is 10.1. The van der Waals surface area contributed by atoms with E-state index in [-0.39, 0.29) is 9.79 Å². The van der Waals surface area contributed by atoms with E-state index in [4.69, 9.17) is 0 Å². The summed E-state index contributed by atoms with van der Waals surface area (Å²) < 4.78 is 46.7. The van der Waals surface area contributed by atoms with Gasteiger partial charge >= 0.3 is 0 Å². The molecule has 3 aromatic carbocycles. The summed E-state index contributed by atoms with van der Waals surface area (Å²) in [6.45, 7) is 0. The fourth-order valence-electron chi connectivity index (χ4n) is 3.34. The maximum absolute atomic E-state index is 11.8. The maximum atomic E-state index is 11.8. The smallest absolute Gasteiger partial charge is 0.175 e. The van der Waals surface area contributed by atoms with Crippen LogP contribution < -0.4 is 5.43 Å². The van der Waals surface area contributed by atoms with Gasteiger partial charge in [-0.2, -0.15) is 5.10 Å². The van der Waals surface area contributed by atoms with Crippen molar-refractivity contribution in [2.75, 3.05) is 17.9 Å². The Balaban J connectivity index is 1.67. The topological polar surface area (TPSA) is 108 Å². The molecule has 32 heavy (non-hydrogen) atoms. The zero-order valence-corrected chi connectivity index (χ0v) is 19.0. The van der Waals surface area contributed by atoms with Gasteiger partial charge < -0.3 is 4.98 Å². The Morgan fingerprint density at radius 2 is 1.34 bits per heavy atom. The molecule has 7 nitrogen and oxygen atoms in total. The van der Waals surface area contributed by atoms with Crippen LogP contribution in [-0.4, -0.2) is 40.5 Å². The van der Waals surface area contributed by atoms with Crippen LogP contribution >= 0.6 is 0 Å². The molecule has 0 unspecified atom stereocenters. The molecule has 1 aromatic heterocycles. The van der Waals surface area contributed by atoms with Crippen molar-refractivity contribution >= 4 is 42.5 Å². The Bertz CT molecular complexity index is 1520. The van der Waals surface area contributed by atoms with Crippen molar-refractivity contribution in [3.63, 3.8) is 0 Å². The largest absolute Gasteiger partial charge is 0.354 e. The zero-order chi connectivity index (χ0) is 22.9. The number of anilines is 1. The molecule has 1 heterocycles. The normalized spacial score (nSPS) is 12.4. The van der Waals surface area contributed by atoms with Crippen molar-refractivity contribution in [3.8, 4) is 11.3 Å². The highest BCUT2D eigenvalue weighted by Crippen LogP contribution is 2.30. The van der Waals surface area contributed by atoms with Crippen LogP contribution in [0.4, 0.5) is 5.69 Å². The highest BCUT2D eigenvalue weighted by Gasteiger charge is 2.13. The number of hydrogen-bond acceptors (Lipinski definition) is 6. The van der Waals surface area contributed by atoms with Crippen LogP contribution in [-0.2, 0) is 19.7 Å². The molecule has 4 aromatic rings. The van der Waals surface area contributed by atoms with Crippen LogP contribution in [0.3, 0.4) is 0 Å². The summed E-state index contributed by atoms with van der Waals surface area (Å²) in [5.74, 6) is 0. The van der Waals surface area contributed by atoms with Gasteiger partial charge in [-0.15, -0.1) is 0 Å². The van der Waals surface area contributed by atoms with Gasteiger partial charge in [-0.25, -0.2) is 16.8 Å². The summed E-state index contributed by atoms with van der Waals surface area (Å²) in [7, 11) is -6.53. The van der Waals surface area contributed by atoms with E-state index in [9.17, 15) is 16.8 Å². The lowest BCUT2D eigenvalue weighted by Gasteiger charge is -2.04. The third kappa shape index (κ3) is 4.58. The van der Waals surface area contributed by atoms with Gasteiger partial charge in [-0.1, -0.05) is 30.3 Å². The summed E-state index contributed by atoms with van der Waals surface area (Å²) in [5, 5.41) is 5.29. The summed E-state index contributed by atoms with van der Waals surface area (Å²) >= 11 is 0. The molecule has 2 N–H and O–H groups in total. The van der Waals surface area contributed by atoms with E-state index in [1.54, 1.807) is 42.6 Å². The van der Waals surface area contributed by atoms with E-state index >= 15 is 0 Å². The van der Waals surface area contributed by atoms with Gasteiger partial charge in [0.2, 0.25) is 0 Å². The molecule has 0 fully saturated rings. The Morgan fingerprint density at radius 1 is 0.781 bits per heavy atom. The van der Waals surface area contributed by atoms with Gasteiger partial charge in [-0.05, 0) is 48.0 Å². The second-order valence-corrected chi connectivity index (χ2v) is 11.5. The Hall–Kier alpha value is -3.43. The molecule has 0 bridgehead atoms. The third-order valence-electron chi connectivity index (χ3n) is 4.99. The average molecular weight is 468 g/mol. The van der Waals surface area contributed by atoms with Crippen molar-refractivity contribution in [1.82, 2.24) is 4.98 Å². The van der Waals surface area contributed by atoms with Crippen LogP contribution in [0, 0.1) is 0 Å². The predicted octanol–water partition coefficient (Wildman–Crippen LogP) is 4.09. The third-order valence-corrected chi connectivity index (χ3v) is 7.24. The van der Waals surface area contributed by atoms with Crippen molar-refractivity contribution in [3.05, 3.63) is 78.4 Å². The van der Waals surface area contributed by atoms with E-state index in [0.717, 1.165) is 34.0 Å². The van der Waals surface area contributed by atoms with E-state index in [2.05, 4.69) is 15.5 Å². The van der Waals surface area contributed by atoms with Gasteiger partial charge in [0.25, 0.3) is 0 Å². The van der Waals surface area contributed by atoms with Crippen LogP contribution in [0.15, 0.2) is 87.7 Å². The first-order valence-corrected chi connectivity index (χ1v) is 13.4. The molecule has 0 amide bonds. The number of H-pyrrole nitrogens is 1. The summed E-state index contributed by atoms with van der Waals surface area (Å²) in [4.78, 5) is 3.87. The fraction of sp³-hybridized carbons (Fsp3) is 0.0870. The molecule has 0 spiro atoms. The SMILES string of the molecule is CS(=O)(=O)c1ccc(NN=Cc2c(-c3ccc(S(C)(=O)=O)cc3)[nH]c3ccccc23)cc1. The Kier molecular flexibility index (Phi) is 5.62. The first-order chi connectivity index (χ1) is 15.1. The number of nitrogens with one attached hydrogen (secondary N) is 2. The molecule has 4 rings (SSSR count). The zero-order valence-electron chi connectivity index (χ0n) is 17.4. The number of fused-ring (bicyclic) bond motifs is 1. The molecular weight excluding hydrogens is 446 g/mol. The van der Waals surface area contributed by atoms with Gasteiger partial charge in [0.1, 0.15) is 0 Å². The molecule has 0 aliphatic carbocycles. The number of para-hydroxylation sites is 1. The minimum absolute atomic E-state index is 0.239. The molecule has 0 atom stereocenters. The molecule has 164 valence electrons. The minimum Gasteiger partial charge on any atom is -0.354 e. The van der Waals surface area contributed by atoms with Gasteiger partial charge in [0.05, 0.1) is 27.4 Å². The van der Waals surface area contributed by atoms with Gasteiger partial charge in [-0.3, -0.25) is 5.43 Å². The molecule has 0 aliphatic heterocycles. The number of hydrazone groups is 1. The number of aromatic amines is 1. The highest BCUT2D eigenvalue weighted by molar-refractivity contribution is 7.91. The lowest BCUT2D eigenvalue weighted by molar-refractivity contribution is 0.600. The number of nitrogens with zero attached hydrogens (tertiary/aromatic N) is 1. The molecule has 9 heteroatoms. The molecule has 0 aliphatic rings. The number of sulfone groups is 2. The number of aromatic nitrogens is 1. The molecule has 0 saturated heterocycles. The van der Waals surface area contributed by atoms with Crippen LogP contribution in [0.5, 0.6) is 0 Å². The second kappa shape index (κ2) is 8.25. The number of rotatable bonds is 6. The van der Waals surface area contributed by atoms with Crippen molar-refractivity contribution in [1.29, 1.82) is 0 Å². The number of benzene rings is 3. The lowest BCUT2D eigenvalue weighted by Crippen LogP contribution is -1.97. The van der Waals surface area contributed by atoms with Crippen molar-refractivity contribution < 1.29 is 16.8 Å². The van der Waals surface area contributed by atoms with Crippen molar-refractivity contribution in [2.45, 2.75) is 9.79 Å². The van der Waals surface area contributed by atoms with E-state index in [0.29, 0.717) is 5.69 Å². The highest BCUT2D eigenvalue weighted by atomic mass is 32.2. The number of hydrogen-bond donors (Lipinski definition) is 2. The summed E-state index contributed by atoms with van der Waals surface area (Å²) in [6.07, 6.45) is 4.02. The average Bonchev–Trinajstić information content (AvgIpc) is 3.12. The summed E-state index contributed by atoms with van der Waals surface area (Å²) in [6, 6.07) is 20.8. The van der Waals surface area contributed by atoms with E-state index in [1.165, 1.54) is 18.4 Å². The monoisotopic (exact) mass is 467 g/mol. The van der Waals surface area contributed by atoms with Crippen LogP contribution in [0.2, 0.25) is 0 Å². The van der Waals surface area contributed by atoms with Crippen LogP contribution in [0.25, 0.3) is 22.2 Å². The van der Waals surface area contributed by atoms with E-state index < -0.39 is 19.7 Å². The molecule has 0 radical (unpaired) electrons. The predicted molar refractivity (Wildman–Crippen MR) is 128 cm³/mol. The Labute approximate surface area is 186 Å². The Morgan fingerprint density at radius 3 is 1.94 bits per heavy atom. The summed E-state index contributed by atoms with van der Waals surface area (Å²) in [5.41, 5.74) is 6.96. The quantitative estimate of drug-likeness (QED) is 0.328. The first-order valence-electron chi connectivity index (χ1n) is 9.63. The minimum atomic E-state index is -3.28. The van der Waals surface area contributed by atoms with E-state index in [1.807, 2.05) is 24.3 Å². The molecule has 0 saturated carbocycles. The second-order valence-electron chi connectivity index (χ2n) is 7.42. The maximum Gasteiger partial charge on any atom is 0.175 e.